The second-order valence-electron chi connectivity index (χ2n) is 4.12. The lowest BCUT2D eigenvalue weighted by atomic mass is 9.93. The van der Waals surface area contributed by atoms with Crippen molar-refractivity contribution in [2.24, 2.45) is 0 Å². The van der Waals surface area contributed by atoms with Gasteiger partial charge in [-0.05, 0) is 48.6 Å². The molecule has 0 N–H and O–H groups in total. The third-order valence-corrected chi connectivity index (χ3v) is 4.49. The summed E-state index contributed by atoms with van der Waals surface area (Å²) in [6.45, 7) is 4.00. The normalized spacial score (nSPS) is 18.1. The Morgan fingerprint density at radius 2 is 1.75 bits per heavy atom. The third kappa shape index (κ3) is 2.35. The zero-order valence-corrected chi connectivity index (χ0v) is 11.1. The first-order valence-corrected chi connectivity index (χ1v) is 7.22. The van der Waals surface area contributed by atoms with Crippen LogP contribution in [0.5, 0.6) is 0 Å². The highest BCUT2D eigenvalue weighted by atomic mass is 32.2. The predicted molar refractivity (Wildman–Crippen MR) is 72.8 cm³/mol. The van der Waals surface area contributed by atoms with Gasteiger partial charge in [0.05, 0.1) is 0 Å². The molecule has 0 saturated heterocycles. The van der Waals surface area contributed by atoms with E-state index in [0.717, 1.165) is 0 Å². The van der Waals surface area contributed by atoms with E-state index in [1.165, 1.54) is 42.6 Å². The third-order valence-electron chi connectivity index (χ3n) is 3.14. The summed E-state index contributed by atoms with van der Waals surface area (Å²) in [5.74, 6) is 0. The maximum atomic E-state index is 2.28. The molecule has 16 heavy (non-hydrogen) atoms. The molecule has 0 fully saturated rings. The molecule has 0 radical (unpaired) electrons. The summed E-state index contributed by atoms with van der Waals surface area (Å²) in [7, 11) is 0. The van der Waals surface area contributed by atoms with E-state index in [9.17, 15) is 0 Å². The lowest BCUT2D eigenvalue weighted by molar-refractivity contribution is 0.677. The van der Waals surface area contributed by atoms with Gasteiger partial charge < -0.3 is 0 Å². The molecule has 1 heteroatoms. The second-order valence-corrected chi connectivity index (χ2v) is 5.26. The van der Waals surface area contributed by atoms with Crippen molar-refractivity contribution in [3.8, 4) is 0 Å². The van der Waals surface area contributed by atoms with Gasteiger partial charge in [-0.3, -0.25) is 0 Å². The lowest BCUT2D eigenvalue weighted by Gasteiger charge is -2.25. The molecule has 0 aromatic heterocycles. The molecule has 1 aromatic rings. The number of fused-ring (bicyclic) bond motifs is 1. The number of rotatable bonds is 0. The second kappa shape index (κ2) is 5.58. The Labute approximate surface area is 103 Å². The van der Waals surface area contributed by atoms with Crippen LogP contribution in [0.15, 0.2) is 39.6 Å². The molecule has 2 aliphatic rings. The largest absolute Gasteiger partial charge is 0.0943 e. The molecule has 0 spiro atoms. The fraction of sp³-hybridized carbons (Fsp3) is 0.467. The van der Waals surface area contributed by atoms with Crippen LogP contribution in [-0.2, 0) is 6.42 Å². The van der Waals surface area contributed by atoms with Gasteiger partial charge in [0.15, 0.2) is 0 Å². The fourth-order valence-corrected chi connectivity index (χ4v) is 3.61. The first kappa shape index (κ1) is 11.8. The van der Waals surface area contributed by atoms with Gasteiger partial charge in [0, 0.05) is 4.90 Å². The van der Waals surface area contributed by atoms with Crippen LogP contribution in [0, 0.1) is 0 Å². The summed E-state index contributed by atoms with van der Waals surface area (Å²) in [5, 5.41) is 0. The first-order valence-electron chi connectivity index (χ1n) is 6.40. The Morgan fingerprint density at radius 3 is 2.62 bits per heavy atom. The number of benzene rings is 1. The van der Waals surface area contributed by atoms with E-state index in [0.29, 0.717) is 0 Å². The molecule has 0 unspecified atom stereocenters. The van der Waals surface area contributed by atoms with E-state index in [2.05, 4.69) is 24.3 Å². The van der Waals surface area contributed by atoms with E-state index >= 15 is 0 Å². The standard InChI is InChI=1S/C13H14S.C2H6/c1-3-7-12-10(5-1)9-11-6-2-4-8-13(11)14-12;1-2/h1,3,5,7H,2,4,6,8-9H2;1-2H3. The summed E-state index contributed by atoms with van der Waals surface area (Å²) in [5.41, 5.74) is 3.26. The minimum absolute atomic E-state index is 1.22. The van der Waals surface area contributed by atoms with E-state index in [-0.39, 0.29) is 0 Å². The SMILES string of the molecule is CC.c1ccc2c(c1)CC1=C(CCCC1)S2. The van der Waals surface area contributed by atoms with Crippen molar-refractivity contribution in [3.05, 3.63) is 40.3 Å². The molecule has 1 aliphatic heterocycles. The number of thioether (sulfide) groups is 1. The highest BCUT2D eigenvalue weighted by Crippen LogP contribution is 2.44. The Bertz CT molecular complexity index is 353. The lowest BCUT2D eigenvalue weighted by Crippen LogP contribution is -2.06. The van der Waals surface area contributed by atoms with Crippen LogP contribution in [0.4, 0.5) is 0 Å². The van der Waals surface area contributed by atoms with Gasteiger partial charge in [0.25, 0.3) is 0 Å². The van der Waals surface area contributed by atoms with E-state index in [1.807, 2.05) is 25.6 Å². The Morgan fingerprint density at radius 1 is 1.00 bits per heavy atom. The minimum atomic E-state index is 1.22. The van der Waals surface area contributed by atoms with E-state index in [1.54, 1.807) is 10.5 Å². The Balaban J connectivity index is 0.000000457. The zero-order chi connectivity index (χ0) is 11.4. The molecule has 1 aliphatic carbocycles. The summed E-state index contributed by atoms with van der Waals surface area (Å²) in [6.07, 6.45) is 6.69. The van der Waals surface area contributed by atoms with Crippen LogP contribution < -0.4 is 0 Å². The Kier molecular flexibility index (Phi) is 4.11. The number of hydrogen-bond donors (Lipinski definition) is 0. The van der Waals surface area contributed by atoms with Gasteiger partial charge >= 0.3 is 0 Å². The molecule has 0 amide bonds. The highest BCUT2D eigenvalue weighted by Gasteiger charge is 2.20. The van der Waals surface area contributed by atoms with Crippen molar-refractivity contribution in [3.63, 3.8) is 0 Å². The maximum absolute atomic E-state index is 2.28. The minimum Gasteiger partial charge on any atom is -0.0943 e. The van der Waals surface area contributed by atoms with Crippen LogP contribution in [-0.4, -0.2) is 0 Å². The summed E-state index contributed by atoms with van der Waals surface area (Å²) in [6, 6.07) is 8.85. The molecular formula is C15H20S. The van der Waals surface area contributed by atoms with E-state index in [4.69, 9.17) is 0 Å². The number of hydrogen-bond acceptors (Lipinski definition) is 1. The Hall–Kier alpha value is -0.690. The van der Waals surface area contributed by atoms with Gasteiger partial charge in [0.1, 0.15) is 0 Å². The van der Waals surface area contributed by atoms with Crippen molar-refractivity contribution in [1.29, 1.82) is 0 Å². The molecule has 3 rings (SSSR count). The molecule has 1 aromatic carbocycles. The smallest absolute Gasteiger partial charge is 0.0154 e. The van der Waals surface area contributed by atoms with Crippen LogP contribution in [0.25, 0.3) is 0 Å². The highest BCUT2D eigenvalue weighted by molar-refractivity contribution is 8.03. The molecule has 0 nitrogen and oxygen atoms in total. The molecule has 86 valence electrons. The fourth-order valence-electron chi connectivity index (χ4n) is 2.36. The van der Waals surface area contributed by atoms with Gasteiger partial charge in [-0.1, -0.05) is 49.4 Å². The number of allylic oxidation sites excluding steroid dienone is 2. The molecule has 1 heterocycles. The van der Waals surface area contributed by atoms with Crippen molar-refractivity contribution in [2.45, 2.75) is 50.8 Å². The van der Waals surface area contributed by atoms with Crippen LogP contribution in [0.1, 0.15) is 45.1 Å². The maximum Gasteiger partial charge on any atom is 0.0154 e. The van der Waals surface area contributed by atoms with Crippen molar-refractivity contribution < 1.29 is 0 Å². The van der Waals surface area contributed by atoms with E-state index < -0.39 is 0 Å². The van der Waals surface area contributed by atoms with Gasteiger partial charge in [0.2, 0.25) is 0 Å². The van der Waals surface area contributed by atoms with Gasteiger partial charge in [-0.15, -0.1) is 0 Å². The molecule has 0 atom stereocenters. The van der Waals surface area contributed by atoms with Crippen LogP contribution in [0.2, 0.25) is 0 Å². The topological polar surface area (TPSA) is 0 Å². The monoisotopic (exact) mass is 232 g/mol. The summed E-state index contributed by atoms with van der Waals surface area (Å²) < 4.78 is 0. The van der Waals surface area contributed by atoms with Crippen LogP contribution >= 0.6 is 11.8 Å². The van der Waals surface area contributed by atoms with Crippen molar-refractivity contribution in [1.82, 2.24) is 0 Å². The quantitative estimate of drug-likeness (QED) is 0.593. The molecular weight excluding hydrogens is 212 g/mol. The molecule has 0 saturated carbocycles. The first-order chi connectivity index (χ1) is 7.93. The molecule has 0 bridgehead atoms. The van der Waals surface area contributed by atoms with Gasteiger partial charge in [-0.25, -0.2) is 0 Å². The summed E-state index contributed by atoms with van der Waals surface area (Å²) in [4.78, 5) is 3.17. The average molecular weight is 232 g/mol. The predicted octanol–water partition coefficient (Wildman–Crippen LogP) is 5.19. The summed E-state index contributed by atoms with van der Waals surface area (Å²) >= 11 is 2.02. The van der Waals surface area contributed by atoms with Crippen molar-refractivity contribution in [2.75, 3.05) is 0 Å². The van der Waals surface area contributed by atoms with Gasteiger partial charge in [-0.2, -0.15) is 0 Å². The average Bonchev–Trinajstić information content (AvgIpc) is 2.38. The van der Waals surface area contributed by atoms with Crippen LogP contribution in [0.3, 0.4) is 0 Å². The zero-order valence-electron chi connectivity index (χ0n) is 10.3. The van der Waals surface area contributed by atoms with Crippen molar-refractivity contribution >= 4 is 11.8 Å².